The van der Waals surface area contributed by atoms with Gasteiger partial charge in [0.05, 0.1) is 22.0 Å². The van der Waals surface area contributed by atoms with Crippen molar-refractivity contribution in [1.29, 1.82) is 5.26 Å². The molecule has 1 heterocycles. The summed E-state index contributed by atoms with van der Waals surface area (Å²) in [4.78, 5) is 0. The van der Waals surface area contributed by atoms with Gasteiger partial charge in [-0.2, -0.15) is 10.4 Å². The summed E-state index contributed by atoms with van der Waals surface area (Å²) in [6.45, 7) is 5.24. The second-order valence-electron chi connectivity index (χ2n) is 6.32. The van der Waals surface area contributed by atoms with Crippen molar-refractivity contribution in [2.24, 2.45) is 0 Å². The minimum absolute atomic E-state index is 0.330. The zero-order chi connectivity index (χ0) is 19.1. The average molecular weight is 370 g/mol. The van der Waals surface area contributed by atoms with Crippen LogP contribution in [0.5, 0.6) is 0 Å². The highest BCUT2D eigenvalue weighted by Crippen LogP contribution is 2.35. The molecule has 3 rings (SSSR count). The number of hydrogen-bond donors (Lipinski definition) is 1. The van der Waals surface area contributed by atoms with Crippen molar-refractivity contribution in [1.82, 2.24) is 9.78 Å². The maximum Gasteiger partial charge on any atom is 0.123 e. The fourth-order valence-electron chi connectivity index (χ4n) is 3.26. The fraction of sp³-hybridized carbons (Fsp3) is 0.200. The molecule has 1 aromatic heterocycles. The second-order valence-corrected chi connectivity index (χ2v) is 6.72. The highest BCUT2D eigenvalue weighted by molar-refractivity contribution is 6.31. The second kappa shape index (κ2) is 6.56. The van der Waals surface area contributed by atoms with Crippen molar-refractivity contribution in [3.05, 3.63) is 81.4 Å². The summed E-state index contributed by atoms with van der Waals surface area (Å²) in [6.07, 6.45) is 0. The zero-order valence-electron chi connectivity index (χ0n) is 14.6. The largest absolute Gasteiger partial charge is 0.381 e. The lowest BCUT2D eigenvalue weighted by Crippen LogP contribution is -2.24. The lowest BCUT2D eigenvalue weighted by molar-refractivity contribution is 0.100. The molecule has 0 fully saturated rings. The molecule has 2 aromatic carbocycles. The molecule has 1 atom stereocenters. The van der Waals surface area contributed by atoms with Crippen molar-refractivity contribution < 1.29 is 9.50 Å². The summed E-state index contributed by atoms with van der Waals surface area (Å²) in [6, 6.07) is 12.9. The number of benzene rings is 2. The van der Waals surface area contributed by atoms with Gasteiger partial charge in [0.1, 0.15) is 17.5 Å². The van der Waals surface area contributed by atoms with E-state index in [0.717, 1.165) is 0 Å². The lowest BCUT2D eigenvalue weighted by atomic mass is 9.87. The summed E-state index contributed by atoms with van der Waals surface area (Å²) < 4.78 is 15.3. The van der Waals surface area contributed by atoms with Gasteiger partial charge in [-0.3, -0.25) is 0 Å². The predicted molar refractivity (Wildman–Crippen MR) is 97.8 cm³/mol. The minimum atomic E-state index is -1.41. The summed E-state index contributed by atoms with van der Waals surface area (Å²) >= 11 is 6.13. The van der Waals surface area contributed by atoms with Crippen molar-refractivity contribution in [2.75, 3.05) is 0 Å². The molecule has 3 aromatic rings. The molecular weight excluding hydrogens is 353 g/mol. The number of halogens is 2. The Kier molecular flexibility index (Phi) is 4.57. The highest BCUT2D eigenvalue weighted by atomic mass is 35.5. The van der Waals surface area contributed by atoms with Crippen LogP contribution in [0.25, 0.3) is 5.69 Å². The summed E-state index contributed by atoms with van der Waals surface area (Å²) in [5, 5.41) is 25.0. The zero-order valence-corrected chi connectivity index (χ0v) is 15.3. The van der Waals surface area contributed by atoms with Gasteiger partial charge >= 0.3 is 0 Å². The number of rotatable bonds is 3. The molecule has 26 heavy (non-hydrogen) atoms. The third-order valence-electron chi connectivity index (χ3n) is 4.48. The number of nitriles is 1. The van der Waals surface area contributed by atoms with E-state index in [2.05, 4.69) is 5.10 Å². The number of aromatic nitrogens is 2. The predicted octanol–water partition coefficient (Wildman–Crippen LogP) is 4.41. The quantitative estimate of drug-likeness (QED) is 0.743. The molecule has 4 nitrogen and oxygen atoms in total. The summed E-state index contributed by atoms with van der Waals surface area (Å²) in [5.41, 5.74) is 2.02. The standard InChI is InChI=1S/C20H17ClFN3O/c1-12-19(20(3,26)15-5-4-6-16(22)9-15)13(2)25(24-12)17-8-7-14(11-23)18(21)10-17/h4-10,26H,1-3H3. The summed E-state index contributed by atoms with van der Waals surface area (Å²) in [5.74, 6) is -0.413. The van der Waals surface area contributed by atoms with E-state index < -0.39 is 11.4 Å². The van der Waals surface area contributed by atoms with Gasteiger partial charge in [-0.25, -0.2) is 9.07 Å². The first-order chi connectivity index (χ1) is 12.3. The molecular formula is C20H17ClFN3O. The van der Waals surface area contributed by atoms with Crippen LogP contribution in [0.2, 0.25) is 5.02 Å². The molecule has 132 valence electrons. The molecule has 0 spiro atoms. The Labute approximate surface area is 156 Å². The van der Waals surface area contributed by atoms with Crippen LogP contribution in [0.4, 0.5) is 4.39 Å². The molecule has 0 aliphatic heterocycles. The van der Waals surface area contributed by atoms with E-state index >= 15 is 0 Å². The Bertz CT molecular complexity index is 1030. The maximum atomic E-state index is 13.6. The molecule has 0 bridgehead atoms. The Morgan fingerprint density at radius 3 is 2.58 bits per heavy atom. The normalized spacial score (nSPS) is 13.3. The fourth-order valence-corrected chi connectivity index (χ4v) is 3.48. The molecule has 0 radical (unpaired) electrons. The molecule has 0 aliphatic carbocycles. The Morgan fingerprint density at radius 2 is 1.96 bits per heavy atom. The average Bonchev–Trinajstić information content (AvgIpc) is 2.90. The number of nitrogens with zero attached hydrogens (tertiary/aromatic N) is 3. The van der Waals surface area contributed by atoms with E-state index in [1.807, 2.05) is 13.0 Å². The first-order valence-electron chi connectivity index (χ1n) is 8.01. The first kappa shape index (κ1) is 18.1. The monoisotopic (exact) mass is 369 g/mol. The SMILES string of the molecule is Cc1nn(-c2ccc(C#N)c(Cl)c2)c(C)c1C(C)(O)c1cccc(F)c1. The van der Waals surface area contributed by atoms with Gasteiger partial charge in [0.15, 0.2) is 0 Å². The number of aryl methyl sites for hydroxylation is 1. The van der Waals surface area contributed by atoms with Crippen molar-refractivity contribution in [3.63, 3.8) is 0 Å². The third kappa shape index (κ3) is 2.98. The van der Waals surface area contributed by atoms with E-state index in [9.17, 15) is 9.50 Å². The molecule has 1 unspecified atom stereocenters. The molecule has 6 heteroatoms. The Hall–Kier alpha value is -2.68. The van der Waals surface area contributed by atoms with Gasteiger partial charge in [0.2, 0.25) is 0 Å². The van der Waals surface area contributed by atoms with E-state index in [1.54, 1.807) is 48.9 Å². The van der Waals surface area contributed by atoms with E-state index in [-0.39, 0.29) is 0 Å². The van der Waals surface area contributed by atoms with Gasteiger partial charge in [-0.05, 0) is 56.7 Å². The van der Waals surface area contributed by atoms with Crippen LogP contribution in [0.15, 0.2) is 42.5 Å². The maximum absolute atomic E-state index is 13.6. The van der Waals surface area contributed by atoms with Gasteiger partial charge in [0.25, 0.3) is 0 Å². The van der Waals surface area contributed by atoms with Gasteiger partial charge in [-0.1, -0.05) is 23.7 Å². The van der Waals surface area contributed by atoms with Crippen molar-refractivity contribution in [3.8, 4) is 11.8 Å². The number of hydrogen-bond acceptors (Lipinski definition) is 3. The van der Waals surface area contributed by atoms with Crippen molar-refractivity contribution in [2.45, 2.75) is 26.4 Å². The molecule has 0 aliphatic rings. The van der Waals surface area contributed by atoms with Crippen LogP contribution in [-0.2, 0) is 5.60 Å². The van der Waals surface area contributed by atoms with Gasteiger partial charge in [-0.15, -0.1) is 0 Å². The van der Waals surface area contributed by atoms with E-state index in [1.165, 1.54) is 12.1 Å². The first-order valence-corrected chi connectivity index (χ1v) is 8.38. The molecule has 0 saturated heterocycles. The molecule has 1 N–H and O–H groups in total. The van der Waals surface area contributed by atoms with Crippen LogP contribution in [0.1, 0.15) is 35.0 Å². The van der Waals surface area contributed by atoms with Crippen LogP contribution in [0.3, 0.4) is 0 Å². The highest BCUT2D eigenvalue weighted by Gasteiger charge is 2.32. The Balaban J connectivity index is 2.14. The minimum Gasteiger partial charge on any atom is -0.381 e. The van der Waals surface area contributed by atoms with Crippen LogP contribution >= 0.6 is 11.6 Å². The van der Waals surface area contributed by atoms with Crippen LogP contribution < -0.4 is 0 Å². The van der Waals surface area contributed by atoms with Gasteiger partial charge in [0, 0.05) is 11.3 Å². The summed E-state index contributed by atoms with van der Waals surface area (Å²) in [7, 11) is 0. The lowest BCUT2D eigenvalue weighted by Gasteiger charge is -2.25. The third-order valence-corrected chi connectivity index (χ3v) is 4.80. The van der Waals surface area contributed by atoms with E-state index in [4.69, 9.17) is 16.9 Å². The van der Waals surface area contributed by atoms with E-state index in [0.29, 0.717) is 38.8 Å². The van der Waals surface area contributed by atoms with Crippen molar-refractivity contribution >= 4 is 11.6 Å². The van der Waals surface area contributed by atoms with Crippen LogP contribution in [0, 0.1) is 31.0 Å². The Morgan fingerprint density at radius 1 is 1.23 bits per heavy atom. The smallest absolute Gasteiger partial charge is 0.123 e. The molecule has 0 saturated carbocycles. The molecule has 0 amide bonds. The van der Waals surface area contributed by atoms with Crippen LogP contribution in [-0.4, -0.2) is 14.9 Å². The number of aliphatic hydroxyl groups is 1. The topological polar surface area (TPSA) is 61.8 Å². The van der Waals surface area contributed by atoms with Gasteiger partial charge < -0.3 is 5.11 Å².